The normalized spacial score (nSPS) is 13.4. The Bertz CT molecular complexity index is 1040. The molecular weight excluding hydrogens is 560 g/mol. The molecule has 19 heteroatoms. The first-order valence-corrected chi connectivity index (χ1v) is 16.8. The van der Waals surface area contributed by atoms with Gasteiger partial charge in [-0.1, -0.05) is 0 Å². The van der Waals surface area contributed by atoms with E-state index in [0.29, 0.717) is 0 Å². The van der Waals surface area contributed by atoms with E-state index in [1.165, 1.54) is 13.8 Å². The van der Waals surface area contributed by atoms with Gasteiger partial charge in [-0.15, -0.1) is 0 Å². The second-order valence-corrected chi connectivity index (χ2v) is 14.5. The summed E-state index contributed by atoms with van der Waals surface area (Å²) in [5, 5.41) is 0. The van der Waals surface area contributed by atoms with Gasteiger partial charge in [0.05, 0.1) is 49.4 Å². The summed E-state index contributed by atoms with van der Waals surface area (Å²) >= 11 is 0. The van der Waals surface area contributed by atoms with Gasteiger partial charge in [0.25, 0.3) is 30.4 Å². The third-order valence-corrected chi connectivity index (χ3v) is 8.37. The minimum Gasteiger partial charge on any atom is -0.465 e. The monoisotopic (exact) mass is 590 g/mol. The van der Waals surface area contributed by atoms with Crippen LogP contribution < -0.4 is 0 Å². The fourth-order valence-electron chi connectivity index (χ4n) is 2.31. The zero-order valence-electron chi connectivity index (χ0n) is 19.4. The molecule has 0 bridgehead atoms. The number of hydrogen-bond acceptors (Lipinski definition) is 14. The van der Waals surface area contributed by atoms with Crippen molar-refractivity contribution in [3.8, 4) is 0 Å². The van der Waals surface area contributed by atoms with Crippen LogP contribution in [0.5, 0.6) is 0 Å². The van der Waals surface area contributed by atoms with Crippen LogP contribution in [0.25, 0.3) is 0 Å². The maximum absolute atomic E-state index is 12.6. The van der Waals surface area contributed by atoms with Crippen LogP contribution in [0.1, 0.15) is 26.7 Å². The quantitative estimate of drug-likeness (QED) is 0.0829. The summed E-state index contributed by atoms with van der Waals surface area (Å²) in [4.78, 5) is 25.3. The molecule has 0 atom stereocenters. The van der Waals surface area contributed by atoms with Gasteiger partial charge >= 0.3 is 11.9 Å². The van der Waals surface area contributed by atoms with Gasteiger partial charge in [0.2, 0.25) is 5.41 Å². The zero-order valence-corrected chi connectivity index (χ0v) is 22.6. The second-order valence-electron chi connectivity index (χ2n) is 7.19. The lowest BCUT2D eigenvalue weighted by Crippen LogP contribution is -2.50. The molecule has 0 radical (unpaired) electrons. The molecule has 0 aromatic carbocycles. The lowest BCUT2D eigenvalue weighted by molar-refractivity contribution is -0.176. The lowest BCUT2D eigenvalue weighted by Gasteiger charge is -2.28. The molecule has 0 rings (SSSR count). The number of rotatable bonds is 18. The second kappa shape index (κ2) is 13.8. The van der Waals surface area contributed by atoms with E-state index in [0.717, 1.165) is 6.26 Å². The van der Waals surface area contributed by atoms with Gasteiger partial charge < -0.3 is 9.47 Å². The van der Waals surface area contributed by atoms with Gasteiger partial charge in [-0.3, -0.25) is 22.5 Å². The van der Waals surface area contributed by atoms with Crippen LogP contribution in [0, 0.1) is 5.41 Å². The maximum atomic E-state index is 12.6. The number of carbonyl (C=O) groups excluding carboxylic acids is 2. The number of ether oxygens (including phenoxy) is 2. The summed E-state index contributed by atoms with van der Waals surface area (Å²) in [5.41, 5.74) is -2.72. The topological polar surface area (TPSA) is 228 Å². The summed E-state index contributed by atoms with van der Waals surface area (Å²) < 4.78 is 120. The number of carbonyl (C=O) groups is 2. The summed E-state index contributed by atoms with van der Waals surface area (Å²) in [7, 11) is -17.0. The highest BCUT2D eigenvalue weighted by molar-refractivity contribution is 7.90. The summed E-state index contributed by atoms with van der Waals surface area (Å²) in [6.45, 7) is -0.498. The molecule has 0 aliphatic carbocycles. The van der Waals surface area contributed by atoms with Crippen molar-refractivity contribution in [2.24, 2.45) is 5.41 Å². The summed E-state index contributed by atoms with van der Waals surface area (Å²) in [6.07, 6.45) is -0.0510. The zero-order chi connectivity index (χ0) is 27.6. The van der Waals surface area contributed by atoms with E-state index in [-0.39, 0.29) is 19.6 Å². The lowest BCUT2D eigenvalue weighted by atomic mass is 9.90. The summed E-state index contributed by atoms with van der Waals surface area (Å²) in [5.74, 6) is -5.96. The average Bonchev–Trinajstić information content (AvgIpc) is 2.66. The standard InChI is InChI=1S/C16H30O15S4/c1-4-28-14(17)16(15(18)29-5-2,12-30-34(24,25)10-6-8-32(3,19)20)13-31-35(26,27)11-7-9-33(21,22)23/h4-13H2,1-3H3,(H,21,22,23). The molecule has 0 saturated carbocycles. The Morgan fingerprint density at radius 2 is 1.06 bits per heavy atom. The first-order valence-electron chi connectivity index (χ1n) is 10.0. The molecule has 0 unspecified atom stereocenters. The Hall–Kier alpha value is -1.38. The van der Waals surface area contributed by atoms with E-state index in [1.807, 2.05) is 0 Å². The summed E-state index contributed by atoms with van der Waals surface area (Å²) in [6, 6.07) is 0. The fraction of sp³-hybridized carbons (Fsp3) is 0.875. The first-order chi connectivity index (χ1) is 15.8. The minimum atomic E-state index is -4.58. The molecule has 0 fully saturated rings. The Kier molecular flexibility index (Phi) is 13.3. The third-order valence-electron chi connectivity index (χ3n) is 4.01. The molecule has 0 spiro atoms. The van der Waals surface area contributed by atoms with Crippen molar-refractivity contribution in [1.82, 2.24) is 0 Å². The van der Waals surface area contributed by atoms with Crippen molar-refractivity contribution >= 4 is 52.1 Å². The van der Waals surface area contributed by atoms with Crippen LogP contribution in [-0.2, 0) is 67.6 Å². The van der Waals surface area contributed by atoms with Crippen molar-refractivity contribution < 1.29 is 65.7 Å². The molecule has 0 aliphatic heterocycles. The van der Waals surface area contributed by atoms with Gasteiger partial charge in [-0.05, 0) is 26.7 Å². The molecule has 0 amide bonds. The van der Waals surface area contributed by atoms with Gasteiger partial charge in [0.1, 0.15) is 9.84 Å². The van der Waals surface area contributed by atoms with E-state index in [2.05, 4.69) is 4.18 Å². The van der Waals surface area contributed by atoms with Crippen molar-refractivity contribution in [2.45, 2.75) is 26.7 Å². The largest absolute Gasteiger partial charge is 0.465 e. The minimum absolute atomic E-state index is 0.303. The molecule has 0 heterocycles. The highest BCUT2D eigenvalue weighted by atomic mass is 32.2. The highest BCUT2D eigenvalue weighted by Gasteiger charge is 2.52. The Labute approximate surface area is 205 Å². The van der Waals surface area contributed by atoms with Crippen LogP contribution in [0.15, 0.2) is 0 Å². The van der Waals surface area contributed by atoms with Gasteiger partial charge in [0, 0.05) is 6.26 Å². The van der Waals surface area contributed by atoms with E-state index in [4.69, 9.17) is 18.2 Å². The van der Waals surface area contributed by atoms with Crippen molar-refractivity contribution in [2.75, 3.05) is 55.7 Å². The van der Waals surface area contributed by atoms with Crippen molar-refractivity contribution in [3.63, 3.8) is 0 Å². The number of esters is 2. The number of sulfone groups is 1. The molecule has 0 aromatic rings. The van der Waals surface area contributed by atoms with Gasteiger partial charge in [-0.25, -0.2) is 8.42 Å². The van der Waals surface area contributed by atoms with Crippen molar-refractivity contribution in [1.29, 1.82) is 0 Å². The highest BCUT2D eigenvalue weighted by Crippen LogP contribution is 2.26. The van der Waals surface area contributed by atoms with Gasteiger partial charge in [0.15, 0.2) is 0 Å². The molecule has 0 aliphatic rings. The first kappa shape index (κ1) is 33.6. The predicted molar refractivity (Wildman–Crippen MR) is 121 cm³/mol. The molecule has 0 saturated heterocycles. The van der Waals surface area contributed by atoms with E-state index in [9.17, 15) is 43.3 Å². The average molecular weight is 591 g/mol. The van der Waals surface area contributed by atoms with E-state index >= 15 is 0 Å². The molecule has 35 heavy (non-hydrogen) atoms. The number of hydrogen-bond donors (Lipinski definition) is 1. The van der Waals surface area contributed by atoms with Crippen LogP contribution in [0.3, 0.4) is 0 Å². The van der Waals surface area contributed by atoms with Crippen LogP contribution in [0.4, 0.5) is 0 Å². The molecule has 0 aromatic heterocycles. The molecule has 208 valence electrons. The fourth-order valence-corrected chi connectivity index (χ4v) is 5.85. The Balaban J connectivity index is 5.83. The van der Waals surface area contributed by atoms with Crippen LogP contribution >= 0.6 is 0 Å². The van der Waals surface area contributed by atoms with Crippen LogP contribution in [-0.4, -0.2) is 106 Å². The molecule has 1 N–H and O–H groups in total. The smallest absolute Gasteiger partial charge is 0.328 e. The van der Waals surface area contributed by atoms with E-state index in [1.54, 1.807) is 0 Å². The maximum Gasteiger partial charge on any atom is 0.328 e. The predicted octanol–water partition coefficient (Wildman–Crippen LogP) is -1.50. The molecule has 15 nitrogen and oxygen atoms in total. The van der Waals surface area contributed by atoms with Gasteiger partial charge in [-0.2, -0.15) is 25.3 Å². The van der Waals surface area contributed by atoms with Crippen LogP contribution in [0.2, 0.25) is 0 Å². The Morgan fingerprint density at radius 1 is 0.686 bits per heavy atom. The molecular formula is C16H30O15S4. The third kappa shape index (κ3) is 14.1. The van der Waals surface area contributed by atoms with E-state index < -0.39 is 100 Å². The SMILES string of the molecule is CCOC(=O)C(COS(=O)(=O)CCCS(C)(=O)=O)(COS(=O)(=O)CCCS(=O)(=O)O)C(=O)OCC. The van der Waals surface area contributed by atoms with Crippen molar-refractivity contribution in [3.05, 3.63) is 0 Å². The Morgan fingerprint density at radius 3 is 1.37 bits per heavy atom.